The van der Waals surface area contributed by atoms with Gasteiger partial charge in [0.05, 0.1) is 0 Å². The van der Waals surface area contributed by atoms with E-state index in [-0.39, 0.29) is 6.03 Å². The Morgan fingerprint density at radius 3 is 2.32 bits per heavy atom. The molecule has 102 valence electrons. The minimum Gasteiger partial charge on any atom is -0.324 e. The first-order valence-corrected chi connectivity index (χ1v) is 7.10. The second-order valence-corrected chi connectivity index (χ2v) is 6.04. The summed E-state index contributed by atoms with van der Waals surface area (Å²) < 4.78 is 0. The number of fused-ring (bicyclic) bond motifs is 1. The number of urea groups is 1. The fourth-order valence-electron chi connectivity index (χ4n) is 2.85. The van der Waals surface area contributed by atoms with Crippen LogP contribution in [0.1, 0.15) is 0 Å². The average Bonchev–Trinajstić information content (AvgIpc) is 2.86. The Hall–Kier alpha value is -0.970. The number of nitrogens with one attached hydrogen (secondary N) is 2. The van der Waals surface area contributed by atoms with E-state index in [0.717, 1.165) is 26.2 Å². The van der Waals surface area contributed by atoms with E-state index in [9.17, 15) is 4.79 Å². The van der Waals surface area contributed by atoms with Gasteiger partial charge in [-0.2, -0.15) is 0 Å². The number of anilines is 1. The molecule has 4 nitrogen and oxygen atoms in total. The van der Waals surface area contributed by atoms with Crippen molar-refractivity contribution >= 4 is 34.9 Å². The molecular weight excluding hydrogens is 285 g/mol. The van der Waals surface area contributed by atoms with E-state index < -0.39 is 0 Å². The molecule has 1 aromatic carbocycles. The Morgan fingerprint density at radius 1 is 1.16 bits per heavy atom. The minimum atomic E-state index is -0.0762. The standard InChI is InChI=1S/C13H15Cl2N3O/c14-10-1-11(15)3-12(2-10)17-13(19)18-6-8-4-16-5-9(8)7-18/h1-3,8-9,16H,4-7H2,(H,17,19)/t8-,9+. The molecule has 0 unspecified atom stereocenters. The van der Waals surface area contributed by atoms with Gasteiger partial charge >= 0.3 is 6.03 Å². The lowest BCUT2D eigenvalue weighted by Crippen LogP contribution is -2.35. The van der Waals surface area contributed by atoms with Crippen LogP contribution < -0.4 is 10.6 Å². The van der Waals surface area contributed by atoms with Crippen LogP contribution in [0, 0.1) is 11.8 Å². The van der Waals surface area contributed by atoms with Gasteiger partial charge in [0.15, 0.2) is 0 Å². The SMILES string of the molecule is O=C(Nc1cc(Cl)cc(Cl)c1)N1C[C@H]2CNC[C@H]2C1. The second-order valence-electron chi connectivity index (χ2n) is 5.17. The molecule has 2 aliphatic heterocycles. The monoisotopic (exact) mass is 299 g/mol. The van der Waals surface area contributed by atoms with Gasteiger partial charge in [0.2, 0.25) is 0 Å². The summed E-state index contributed by atoms with van der Waals surface area (Å²) in [5, 5.41) is 7.25. The predicted molar refractivity (Wildman–Crippen MR) is 76.9 cm³/mol. The zero-order valence-corrected chi connectivity index (χ0v) is 11.8. The molecule has 0 aliphatic carbocycles. The summed E-state index contributed by atoms with van der Waals surface area (Å²) in [4.78, 5) is 14.0. The Bertz CT molecular complexity index is 476. The third-order valence-corrected chi connectivity index (χ3v) is 4.23. The zero-order chi connectivity index (χ0) is 13.4. The van der Waals surface area contributed by atoms with E-state index in [1.807, 2.05) is 4.90 Å². The average molecular weight is 300 g/mol. The van der Waals surface area contributed by atoms with E-state index in [0.29, 0.717) is 27.6 Å². The molecule has 2 N–H and O–H groups in total. The maximum atomic E-state index is 12.2. The van der Waals surface area contributed by atoms with Crippen LogP contribution in [0.2, 0.25) is 10.0 Å². The molecule has 0 bridgehead atoms. The molecule has 6 heteroatoms. The highest BCUT2D eigenvalue weighted by Gasteiger charge is 2.38. The van der Waals surface area contributed by atoms with Crippen molar-refractivity contribution in [3.05, 3.63) is 28.2 Å². The lowest BCUT2D eigenvalue weighted by molar-refractivity contribution is 0.219. The first-order valence-electron chi connectivity index (χ1n) is 6.34. The largest absolute Gasteiger partial charge is 0.324 e. The fraction of sp³-hybridized carbons (Fsp3) is 0.462. The summed E-state index contributed by atoms with van der Waals surface area (Å²) >= 11 is 11.8. The van der Waals surface area contributed by atoms with Gasteiger partial charge in [-0.15, -0.1) is 0 Å². The van der Waals surface area contributed by atoms with E-state index in [4.69, 9.17) is 23.2 Å². The Labute approximate surface area is 122 Å². The number of rotatable bonds is 1. The number of likely N-dealkylation sites (tertiary alicyclic amines) is 1. The minimum absolute atomic E-state index is 0.0762. The van der Waals surface area contributed by atoms with E-state index >= 15 is 0 Å². The molecule has 2 saturated heterocycles. The van der Waals surface area contributed by atoms with Gasteiger partial charge in [0, 0.05) is 41.9 Å². The van der Waals surface area contributed by atoms with Crippen molar-refractivity contribution < 1.29 is 4.79 Å². The van der Waals surface area contributed by atoms with Crippen molar-refractivity contribution in [3.63, 3.8) is 0 Å². The van der Waals surface area contributed by atoms with Gasteiger partial charge in [0.1, 0.15) is 0 Å². The number of hydrogen-bond donors (Lipinski definition) is 2. The molecule has 2 amide bonds. The van der Waals surface area contributed by atoms with Crippen LogP contribution in [0.4, 0.5) is 10.5 Å². The topological polar surface area (TPSA) is 44.4 Å². The molecule has 1 aromatic rings. The molecule has 0 aromatic heterocycles. The number of carbonyl (C=O) groups is 1. The van der Waals surface area contributed by atoms with Crippen molar-refractivity contribution in [3.8, 4) is 0 Å². The molecule has 2 aliphatic rings. The molecule has 19 heavy (non-hydrogen) atoms. The van der Waals surface area contributed by atoms with Gasteiger partial charge in [0.25, 0.3) is 0 Å². The van der Waals surface area contributed by atoms with Crippen LogP contribution in [0.15, 0.2) is 18.2 Å². The lowest BCUT2D eigenvalue weighted by atomic mass is 10.0. The van der Waals surface area contributed by atoms with E-state index in [1.54, 1.807) is 18.2 Å². The van der Waals surface area contributed by atoms with Crippen LogP contribution >= 0.6 is 23.2 Å². The number of benzene rings is 1. The van der Waals surface area contributed by atoms with Crippen molar-refractivity contribution in [2.75, 3.05) is 31.5 Å². The Balaban J connectivity index is 1.65. The summed E-state index contributed by atoms with van der Waals surface area (Å²) in [6.45, 7) is 3.66. The molecular formula is C13H15Cl2N3O. The first-order chi connectivity index (χ1) is 9.11. The van der Waals surface area contributed by atoms with Gasteiger partial charge in [-0.05, 0) is 30.0 Å². The normalized spacial score (nSPS) is 25.5. The van der Waals surface area contributed by atoms with Crippen molar-refractivity contribution in [1.29, 1.82) is 0 Å². The zero-order valence-electron chi connectivity index (χ0n) is 10.3. The number of amides is 2. The predicted octanol–water partition coefficient (Wildman–Crippen LogP) is 2.68. The highest BCUT2D eigenvalue weighted by Crippen LogP contribution is 2.27. The quantitative estimate of drug-likeness (QED) is 0.837. The van der Waals surface area contributed by atoms with E-state index in [1.165, 1.54) is 0 Å². The number of halogens is 2. The summed E-state index contributed by atoms with van der Waals surface area (Å²) in [6, 6.07) is 4.96. The molecule has 2 fully saturated rings. The molecule has 0 saturated carbocycles. The van der Waals surface area contributed by atoms with Gasteiger partial charge < -0.3 is 15.5 Å². The third kappa shape index (κ3) is 2.81. The Kier molecular flexibility index (Phi) is 3.56. The van der Waals surface area contributed by atoms with Crippen LogP contribution in [0.25, 0.3) is 0 Å². The van der Waals surface area contributed by atoms with Crippen molar-refractivity contribution in [2.45, 2.75) is 0 Å². The number of hydrogen-bond acceptors (Lipinski definition) is 2. The summed E-state index contributed by atoms with van der Waals surface area (Å²) in [5.41, 5.74) is 0.637. The fourth-order valence-corrected chi connectivity index (χ4v) is 3.38. The third-order valence-electron chi connectivity index (χ3n) is 3.79. The maximum Gasteiger partial charge on any atom is 0.321 e. The summed E-state index contributed by atoms with van der Waals surface area (Å²) in [5.74, 6) is 1.18. The maximum absolute atomic E-state index is 12.2. The Morgan fingerprint density at radius 2 is 1.74 bits per heavy atom. The summed E-state index contributed by atoms with van der Waals surface area (Å²) in [6.07, 6.45) is 0. The highest BCUT2D eigenvalue weighted by molar-refractivity contribution is 6.35. The van der Waals surface area contributed by atoms with E-state index in [2.05, 4.69) is 10.6 Å². The molecule has 0 spiro atoms. The van der Waals surface area contributed by atoms with Crippen LogP contribution in [-0.2, 0) is 0 Å². The van der Waals surface area contributed by atoms with Crippen LogP contribution in [-0.4, -0.2) is 37.1 Å². The van der Waals surface area contributed by atoms with Crippen molar-refractivity contribution in [1.82, 2.24) is 10.2 Å². The number of nitrogens with zero attached hydrogens (tertiary/aromatic N) is 1. The lowest BCUT2D eigenvalue weighted by Gasteiger charge is -2.18. The highest BCUT2D eigenvalue weighted by atomic mass is 35.5. The second kappa shape index (κ2) is 5.19. The van der Waals surface area contributed by atoms with Crippen LogP contribution in [0.5, 0.6) is 0 Å². The number of carbonyl (C=O) groups excluding carboxylic acids is 1. The van der Waals surface area contributed by atoms with Crippen molar-refractivity contribution in [2.24, 2.45) is 11.8 Å². The van der Waals surface area contributed by atoms with Gasteiger partial charge in [-0.25, -0.2) is 4.79 Å². The molecule has 2 heterocycles. The van der Waals surface area contributed by atoms with Gasteiger partial charge in [-0.3, -0.25) is 0 Å². The molecule has 0 radical (unpaired) electrons. The van der Waals surface area contributed by atoms with Gasteiger partial charge in [-0.1, -0.05) is 23.2 Å². The van der Waals surface area contributed by atoms with Crippen LogP contribution in [0.3, 0.4) is 0 Å². The summed E-state index contributed by atoms with van der Waals surface area (Å²) in [7, 11) is 0. The molecule has 2 atom stereocenters. The molecule has 3 rings (SSSR count). The first kappa shape index (κ1) is 13.0. The smallest absolute Gasteiger partial charge is 0.321 e.